The number of nitrogens with one attached hydrogen (secondary N) is 1. The largest absolute Gasteiger partial charge is 0.384 e. The summed E-state index contributed by atoms with van der Waals surface area (Å²) in [6.07, 6.45) is 3.98. The zero-order valence-corrected chi connectivity index (χ0v) is 17.7. The third kappa shape index (κ3) is 6.58. The van der Waals surface area contributed by atoms with E-state index in [0.29, 0.717) is 6.54 Å². The molecule has 3 N–H and O–H groups in total. The maximum Gasteiger partial charge on any atom is 0.0484 e. The average Bonchev–Trinajstić information content (AvgIpc) is 2.74. The molecular weight excluding hydrogens is 384 g/mol. The van der Waals surface area contributed by atoms with Gasteiger partial charge in [0.1, 0.15) is 0 Å². The Morgan fingerprint density at radius 3 is 2.17 bits per heavy atom. The molecule has 0 saturated heterocycles. The number of anilines is 1. The highest BCUT2D eigenvalue weighted by atomic mass is 35.5. The molecule has 0 fully saturated rings. The number of ether oxygens (including phenoxy) is 2. The monoisotopic (exact) mass is 414 g/mol. The highest BCUT2D eigenvalue weighted by molar-refractivity contribution is 6.36. The topological polar surface area (TPSA) is 56.5 Å². The van der Waals surface area contributed by atoms with E-state index in [4.69, 9.17) is 26.8 Å². The molecule has 0 saturated carbocycles. The van der Waals surface area contributed by atoms with Crippen molar-refractivity contribution in [3.63, 3.8) is 0 Å². The van der Waals surface area contributed by atoms with E-state index in [1.54, 1.807) is 0 Å². The molecular formula is C24H31ClN2O2. The minimum absolute atomic E-state index is 0.695. The summed E-state index contributed by atoms with van der Waals surface area (Å²) < 4.78 is 11.2. The number of benzene rings is 3. The summed E-state index contributed by atoms with van der Waals surface area (Å²) in [5.41, 5.74) is 6.57. The van der Waals surface area contributed by atoms with Crippen LogP contribution in [0.15, 0.2) is 48.5 Å². The summed E-state index contributed by atoms with van der Waals surface area (Å²) in [5.74, 6) is 0. The first-order valence-corrected chi connectivity index (χ1v) is 10.9. The van der Waals surface area contributed by atoms with Crippen molar-refractivity contribution in [1.82, 2.24) is 0 Å². The number of hydrogen-bond acceptors (Lipinski definition) is 4. The normalized spacial score (nSPS) is 11.4. The molecule has 29 heavy (non-hydrogen) atoms. The van der Waals surface area contributed by atoms with Crippen molar-refractivity contribution in [3.05, 3.63) is 53.6 Å². The number of nitrogens with two attached hydrogens (primary N) is 1. The van der Waals surface area contributed by atoms with Crippen molar-refractivity contribution in [2.45, 2.75) is 25.7 Å². The van der Waals surface area contributed by atoms with E-state index >= 15 is 0 Å². The molecule has 0 aliphatic carbocycles. The highest BCUT2D eigenvalue weighted by Gasteiger charge is 2.05. The van der Waals surface area contributed by atoms with Gasteiger partial charge in [-0.2, -0.15) is 0 Å². The van der Waals surface area contributed by atoms with Crippen LogP contribution in [0.3, 0.4) is 0 Å². The Kier molecular flexibility index (Phi) is 9.03. The summed E-state index contributed by atoms with van der Waals surface area (Å²) in [7, 11) is 0. The molecule has 0 aliphatic rings. The summed E-state index contributed by atoms with van der Waals surface area (Å²) in [4.78, 5) is 0. The molecule has 0 spiro atoms. The third-order valence-electron chi connectivity index (χ3n) is 4.93. The maximum absolute atomic E-state index is 6.39. The van der Waals surface area contributed by atoms with E-state index in [-0.39, 0.29) is 0 Å². The summed E-state index contributed by atoms with van der Waals surface area (Å²) in [5, 5.41) is 9.01. The summed E-state index contributed by atoms with van der Waals surface area (Å²) in [6, 6.07) is 16.8. The molecule has 0 aliphatic heterocycles. The molecule has 0 radical (unpaired) electrons. The molecule has 0 atom stereocenters. The highest BCUT2D eigenvalue weighted by Crippen LogP contribution is 2.31. The standard InChI is InChI=1S/C24H31ClN2O2/c25-23-9-3-7-19-17-20-8-4-10-24(22(20)18-21(19)23)27-12-6-16-29-14-2-1-13-28-15-5-11-26/h3-4,7-10,17-18,27H,1-2,5-6,11-16,26H2. The number of hydrogen-bond donors (Lipinski definition) is 2. The lowest BCUT2D eigenvalue weighted by Gasteiger charge is -2.12. The van der Waals surface area contributed by atoms with Crippen LogP contribution < -0.4 is 11.1 Å². The molecule has 3 rings (SSSR count). The lowest BCUT2D eigenvalue weighted by Crippen LogP contribution is -2.07. The van der Waals surface area contributed by atoms with Gasteiger partial charge in [0, 0.05) is 54.5 Å². The van der Waals surface area contributed by atoms with Gasteiger partial charge in [-0.15, -0.1) is 0 Å². The van der Waals surface area contributed by atoms with Gasteiger partial charge < -0.3 is 20.5 Å². The number of unbranched alkanes of at least 4 members (excludes halogenated alkanes) is 1. The first kappa shape index (κ1) is 21.8. The Hall–Kier alpha value is -1.85. The van der Waals surface area contributed by atoms with Gasteiger partial charge >= 0.3 is 0 Å². The van der Waals surface area contributed by atoms with Gasteiger partial charge in [0.2, 0.25) is 0 Å². The van der Waals surface area contributed by atoms with Crippen LogP contribution in [-0.2, 0) is 9.47 Å². The fourth-order valence-electron chi connectivity index (χ4n) is 3.36. The van der Waals surface area contributed by atoms with Crippen molar-refractivity contribution in [1.29, 1.82) is 0 Å². The number of rotatable bonds is 13. The smallest absolute Gasteiger partial charge is 0.0484 e. The Morgan fingerprint density at radius 2 is 1.41 bits per heavy atom. The second-order valence-electron chi connectivity index (χ2n) is 7.19. The molecule has 3 aromatic rings. The number of fused-ring (bicyclic) bond motifs is 2. The molecule has 0 heterocycles. The van der Waals surface area contributed by atoms with Gasteiger partial charge in [0.05, 0.1) is 0 Å². The second kappa shape index (κ2) is 12.0. The fraction of sp³-hybridized carbons (Fsp3) is 0.417. The molecule has 4 nitrogen and oxygen atoms in total. The molecule has 3 aromatic carbocycles. The zero-order chi connectivity index (χ0) is 20.3. The lowest BCUT2D eigenvalue weighted by atomic mass is 10.0. The van der Waals surface area contributed by atoms with Gasteiger partial charge in [-0.3, -0.25) is 0 Å². The van der Waals surface area contributed by atoms with Crippen LogP contribution in [0.2, 0.25) is 5.02 Å². The minimum Gasteiger partial charge on any atom is -0.384 e. The van der Waals surface area contributed by atoms with E-state index in [1.807, 2.05) is 12.1 Å². The third-order valence-corrected chi connectivity index (χ3v) is 5.26. The predicted octanol–water partition coefficient (Wildman–Crippen LogP) is 5.61. The van der Waals surface area contributed by atoms with E-state index in [1.165, 1.54) is 16.2 Å². The Morgan fingerprint density at radius 1 is 0.759 bits per heavy atom. The summed E-state index contributed by atoms with van der Waals surface area (Å²) >= 11 is 6.39. The maximum atomic E-state index is 6.39. The Balaban J connectivity index is 1.40. The van der Waals surface area contributed by atoms with Crippen molar-refractivity contribution in [2.24, 2.45) is 5.73 Å². The first-order valence-electron chi connectivity index (χ1n) is 10.5. The van der Waals surface area contributed by atoms with Gasteiger partial charge in [0.15, 0.2) is 0 Å². The van der Waals surface area contributed by atoms with Gasteiger partial charge in [-0.05, 0) is 67.3 Å². The van der Waals surface area contributed by atoms with Crippen LogP contribution in [0.4, 0.5) is 5.69 Å². The minimum atomic E-state index is 0.695. The summed E-state index contributed by atoms with van der Waals surface area (Å²) in [6.45, 7) is 4.69. The van der Waals surface area contributed by atoms with Gasteiger partial charge in [-0.25, -0.2) is 0 Å². The van der Waals surface area contributed by atoms with Crippen LogP contribution in [0.5, 0.6) is 0 Å². The average molecular weight is 415 g/mol. The van der Waals surface area contributed by atoms with Crippen molar-refractivity contribution in [2.75, 3.05) is 44.8 Å². The fourth-order valence-corrected chi connectivity index (χ4v) is 3.60. The molecule has 0 unspecified atom stereocenters. The van der Waals surface area contributed by atoms with E-state index in [2.05, 4.69) is 41.7 Å². The second-order valence-corrected chi connectivity index (χ2v) is 7.60. The molecule has 0 aromatic heterocycles. The van der Waals surface area contributed by atoms with Crippen molar-refractivity contribution >= 4 is 38.8 Å². The van der Waals surface area contributed by atoms with E-state index in [9.17, 15) is 0 Å². The lowest BCUT2D eigenvalue weighted by molar-refractivity contribution is 0.102. The van der Waals surface area contributed by atoms with Gasteiger partial charge in [0.25, 0.3) is 0 Å². The van der Waals surface area contributed by atoms with Crippen molar-refractivity contribution < 1.29 is 9.47 Å². The Labute approximate surface area is 178 Å². The van der Waals surface area contributed by atoms with Crippen LogP contribution in [0, 0.1) is 0 Å². The van der Waals surface area contributed by atoms with E-state index < -0.39 is 0 Å². The molecule has 0 bridgehead atoms. The molecule has 156 valence electrons. The van der Waals surface area contributed by atoms with Gasteiger partial charge in [-0.1, -0.05) is 35.9 Å². The molecule has 5 heteroatoms. The van der Waals surface area contributed by atoms with Crippen LogP contribution >= 0.6 is 11.6 Å². The van der Waals surface area contributed by atoms with E-state index in [0.717, 1.165) is 74.8 Å². The quantitative estimate of drug-likeness (QED) is 0.282. The zero-order valence-electron chi connectivity index (χ0n) is 17.0. The van der Waals surface area contributed by atoms with Crippen molar-refractivity contribution in [3.8, 4) is 0 Å². The molecule has 0 amide bonds. The predicted molar refractivity (Wildman–Crippen MR) is 124 cm³/mol. The van der Waals surface area contributed by atoms with Crippen LogP contribution in [0.25, 0.3) is 21.5 Å². The SMILES string of the molecule is NCCCOCCCCOCCCNc1cccc2cc3cccc(Cl)c3cc12. The Bertz CT molecular complexity index is 901. The van der Waals surface area contributed by atoms with Crippen LogP contribution in [0.1, 0.15) is 25.7 Å². The first-order chi connectivity index (χ1) is 14.3. The van der Waals surface area contributed by atoms with Crippen LogP contribution in [-0.4, -0.2) is 39.5 Å². The number of halogens is 1.